The van der Waals surface area contributed by atoms with Crippen LogP contribution in [0.2, 0.25) is 0 Å². The van der Waals surface area contributed by atoms with Gasteiger partial charge in [-0.2, -0.15) is 0 Å². The first kappa shape index (κ1) is 11.0. The third-order valence-electron chi connectivity index (χ3n) is 2.92. The number of H-pyrrole nitrogens is 1. The van der Waals surface area contributed by atoms with Gasteiger partial charge >= 0.3 is 0 Å². The van der Waals surface area contributed by atoms with Gasteiger partial charge in [-0.1, -0.05) is 13.3 Å². The highest BCUT2D eigenvalue weighted by Crippen LogP contribution is 2.37. The zero-order valence-corrected chi connectivity index (χ0v) is 9.62. The summed E-state index contributed by atoms with van der Waals surface area (Å²) in [6.45, 7) is 2.18. The van der Waals surface area contributed by atoms with Crippen LogP contribution in [0.4, 0.5) is 5.82 Å². The van der Waals surface area contributed by atoms with Crippen molar-refractivity contribution in [2.45, 2.75) is 32.2 Å². The number of anilines is 1. The van der Waals surface area contributed by atoms with E-state index in [0.717, 1.165) is 12.3 Å². The van der Waals surface area contributed by atoms with Gasteiger partial charge in [0.05, 0.1) is 13.4 Å². The van der Waals surface area contributed by atoms with Crippen molar-refractivity contribution < 1.29 is 4.74 Å². The summed E-state index contributed by atoms with van der Waals surface area (Å²) in [5.41, 5.74) is -0.243. The predicted octanol–water partition coefficient (Wildman–Crippen LogP) is 1.38. The minimum absolute atomic E-state index is 0.243. The lowest BCUT2D eigenvalue weighted by Crippen LogP contribution is -2.15. The smallest absolute Gasteiger partial charge is 0.295 e. The fourth-order valence-electron chi connectivity index (χ4n) is 1.97. The summed E-state index contributed by atoms with van der Waals surface area (Å²) in [5.74, 6) is 1.54. The molecule has 1 fully saturated rings. The van der Waals surface area contributed by atoms with Crippen molar-refractivity contribution in [3.05, 3.63) is 16.7 Å². The Morgan fingerprint density at radius 1 is 1.69 bits per heavy atom. The summed E-state index contributed by atoms with van der Waals surface area (Å²) in [5, 5.41) is 3.26. The van der Waals surface area contributed by atoms with Gasteiger partial charge in [0.2, 0.25) is 5.75 Å². The molecule has 5 heteroatoms. The maximum atomic E-state index is 11.4. The lowest BCUT2D eigenvalue weighted by atomic mass is 10.2. The first-order chi connectivity index (χ1) is 7.76. The van der Waals surface area contributed by atoms with Gasteiger partial charge in [-0.25, -0.2) is 4.98 Å². The minimum atomic E-state index is -0.243. The van der Waals surface area contributed by atoms with Crippen LogP contribution in [0.25, 0.3) is 0 Å². The third-order valence-corrected chi connectivity index (χ3v) is 2.92. The molecule has 5 nitrogen and oxygen atoms in total. The molecule has 0 bridgehead atoms. The van der Waals surface area contributed by atoms with Crippen molar-refractivity contribution in [2.75, 3.05) is 12.4 Å². The molecule has 1 aromatic rings. The molecule has 0 amide bonds. The Kier molecular flexibility index (Phi) is 3.12. The topological polar surface area (TPSA) is 67.0 Å². The van der Waals surface area contributed by atoms with Crippen molar-refractivity contribution in [3.63, 3.8) is 0 Å². The Bertz CT molecular complexity index is 416. The highest BCUT2D eigenvalue weighted by Gasteiger charge is 2.36. The number of aromatic nitrogens is 2. The van der Waals surface area contributed by atoms with Crippen molar-refractivity contribution in [2.24, 2.45) is 5.92 Å². The van der Waals surface area contributed by atoms with E-state index < -0.39 is 0 Å². The zero-order chi connectivity index (χ0) is 11.5. The number of hydrogen-bond donors (Lipinski definition) is 2. The first-order valence-electron chi connectivity index (χ1n) is 5.64. The predicted molar refractivity (Wildman–Crippen MR) is 61.8 cm³/mol. The van der Waals surface area contributed by atoms with Gasteiger partial charge in [0.1, 0.15) is 0 Å². The van der Waals surface area contributed by atoms with E-state index in [-0.39, 0.29) is 11.3 Å². The largest absolute Gasteiger partial charge is 0.489 e. The van der Waals surface area contributed by atoms with Gasteiger partial charge in [-0.05, 0) is 18.8 Å². The lowest BCUT2D eigenvalue weighted by molar-refractivity contribution is 0.408. The lowest BCUT2D eigenvalue weighted by Gasteiger charge is -2.08. The summed E-state index contributed by atoms with van der Waals surface area (Å²) < 4.78 is 5.03. The van der Waals surface area contributed by atoms with Crippen LogP contribution in [0.5, 0.6) is 5.75 Å². The first-order valence-corrected chi connectivity index (χ1v) is 5.64. The van der Waals surface area contributed by atoms with Crippen LogP contribution in [0.1, 0.15) is 26.2 Å². The van der Waals surface area contributed by atoms with Crippen LogP contribution in [0, 0.1) is 5.92 Å². The molecule has 1 saturated carbocycles. The van der Waals surface area contributed by atoms with Gasteiger partial charge in [-0.3, -0.25) is 4.79 Å². The number of hydrogen-bond acceptors (Lipinski definition) is 4. The molecule has 1 heterocycles. The van der Waals surface area contributed by atoms with Crippen LogP contribution in [0.15, 0.2) is 11.1 Å². The quantitative estimate of drug-likeness (QED) is 0.791. The van der Waals surface area contributed by atoms with E-state index in [0.29, 0.717) is 11.9 Å². The second-order valence-electron chi connectivity index (χ2n) is 4.15. The molecular weight excluding hydrogens is 206 g/mol. The third kappa shape index (κ3) is 2.18. The fraction of sp³-hybridized carbons (Fsp3) is 0.636. The van der Waals surface area contributed by atoms with Crippen molar-refractivity contribution in [1.82, 2.24) is 9.97 Å². The second kappa shape index (κ2) is 4.55. The molecule has 2 rings (SSSR count). The second-order valence-corrected chi connectivity index (χ2v) is 4.15. The summed E-state index contributed by atoms with van der Waals surface area (Å²) >= 11 is 0. The van der Waals surface area contributed by atoms with E-state index in [4.69, 9.17) is 4.74 Å². The van der Waals surface area contributed by atoms with Crippen LogP contribution in [-0.2, 0) is 0 Å². The highest BCUT2D eigenvalue weighted by molar-refractivity contribution is 5.49. The highest BCUT2D eigenvalue weighted by atomic mass is 16.5. The maximum Gasteiger partial charge on any atom is 0.295 e. The Labute approximate surface area is 94.2 Å². The molecule has 2 unspecified atom stereocenters. The van der Waals surface area contributed by atoms with Gasteiger partial charge in [0, 0.05) is 6.04 Å². The molecule has 1 aromatic heterocycles. The number of nitrogens with zero attached hydrogens (tertiary/aromatic N) is 1. The summed E-state index contributed by atoms with van der Waals surface area (Å²) in [6, 6.07) is 0.447. The average Bonchev–Trinajstić information content (AvgIpc) is 2.97. The Hall–Kier alpha value is -1.52. The van der Waals surface area contributed by atoms with Gasteiger partial charge < -0.3 is 15.0 Å². The van der Waals surface area contributed by atoms with Crippen LogP contribution < -0.4 is 15.6 Å². The number of nitrogens with one attached hydrogen (secondary N) is 2. The molecule has 0 aromatic carbocycles. The van der Waals surface area contributed by atoms with E-state index in [1.54, 1.807) is 0 Å². The van der Waals surface area contributed by atoms with Gasteiger partial charge in [0.25, 0.3) is 5.56 Å². The Morgan fingerprint density at radius 3 is 3.19 bits per heavy atom. The molecule has 0 spiro atoms. The normalized spacial score (nSPS) is 22.9. The monoisotopic (exact) mass is 223 g/mol. The molecule has 2 atom stereocenters. The molecular formula is C11H17N3O2. The molecule has 0 saturated heterocycles. The number of ether oxygens (including phenoxy) is 1. The van der Waals surface area contributed by atoms with Crippen LogP contribution in [-0.4, -0.2) is 23.1 Å². The van der Waals surface area contributed by atoms with E-state index in [1.165, 1.54) is 26.3 Å². The molecule has 1 aliphatic rings. The number of methoxy groups -OCH3 is 1. The molecule has 0 aliphatic heterocycles. The van der Waals surface area contributed by atoms with E-state index >= 15 is 0 Å². The molecule has 1 aliphatic carbocycles. The van der Waals surface area contributed by atoms with Crippen LogP contribution in [0.3, 0.4) is 0 Å². The van der Waals surface area contributed by atoms with Crippen LogP contribution >= 0.6 is 0 Å². The average molecular weight is 223 g/mol. The number of rotatable bonds is 5. The molecule has 16 heavy (non-hydrogen) atoms. The molecule has 0 radical (unpaired) electrons. The van der Waals surface area contributed by atoms with Crippen molar-refractivity contribution >= 4 is 5.82 Å². The zero-order valence-electron chi connectivity index (χ0n) is 9.62. The summed E-state index contributed by atoms with van der Waals surface area (Å²) in [7, 11) is 1.48. The summed E-state index contributed by atoms with van der Waals surface area (Å²) in [6.07, 6.45) is 4.97. The van der Waals surface area contributed by atoms with Crippen molar-refractivity contribution in [3.8, 4) is 5.75 Å². The molecule has 88 valence electrons. The standard InChI is InChI=1S/C11H17N3O2/c1-3-4-7-5-8(7)14-10-9(16-2)11(15)13-6-12-10/h6-8H,3-5H2,1-2H3,(H2,12,13,14,15). The minimum Gasteiger partial charge on any atom is -0.489 e. The Balaban J connectivity index is 2.05. The maximum absolute atomic E-state index is 11.4. The van der Waals surface area contributed by atoms with E-state index in [2.05, 4.69) is 22.2 Å². The fourth-order valence-corrected chi connectivity index (χ4v) is 1.97. The SMILES string of the molecule is CCCC1CC1Nc1nc[nH]c(=O)c1OC. The van der Waals surface area contributed by atoms with E-state index in [9.17, 15) is 4.79 Å². The summed E-state index contributed by atoms with van der Waals surface area (Å²) in [4.78, 5) is 18.0. The van der Waals surface area contributed by atoms with Gasteiger partial charge in [0.15, 0.2) is 5.82 Å². The Morgan fingerprint density at radius 2 is 2.50 bits per heavy atom. The number of aromatic amines is 1. The molecule has 2 N–H and O–H groups in total. The van der Waals surface area contributed by atoms with Gasteiger partial charge in [-0.15, -0.1) is 0 Å². The van der Waals surface area contributed by atoms with Crippen molar-refractivity contribution in [1.29, 1.82) is 0 Å². The van der Waals surface area contributed by atoms with E-state index in [1.807, 2.05) is 0 Å².